The molecule has 0 spiro atoms. The highest BCUT2D eigenvalue weighted by molar-refractivity contribution is 5.94. The molecule has 0 amide bonds. The lowest BCUT2D eigenvalue weighted by atomic mass is 10.1. The SMILES string of the molecule is CCc1cccc(C)c1Nc1cc(Nc2ccc(C(C)=O)cc2)nc(C)n1. The van der Waals surface area contributed by atoms with Gasteiger partial charge in [0.1, 0.15) is 17.5 Å². The lowest BCUT2D eigenvalue weighted by molar-refractivity contribution is 0.101. The maximum atomic E-state index is 11.4. The molecule has 3 aromatic rings. The van der Waals surface area contributed by atoms with Crippen LogP contribution in [0.5, 0.6) is 0 Å². The van der Waals surface area contributed by atoms with E-state index in [1.54, 1.807) is 19.1 Å². The monoisotopic (exact) mass is 360 g/mol. The second kappa shape index (κ2) is 7.99. The van der Waals surface area contributed by atoms with Gasteiger partial charge >= 0.3 is 0 Å². The lowest BCUT2D eigenvalue weighted by Crippen LogP contribution is -2.04. The van der Waals surface area contributed by atoms with E-state index in [0.717, 1.165) is 23.6 Å². The first-order valence-electron chi connectivity index (χ1n) is 9.05. The van der Waals surface area contributed by atoms with E-state index in [1.807, 2.05) is 25.1 Å². The summed E-state index contributed by atoms with van der Waals surface area (Å²) in [4.78, 5) is 20.4. The molecule has 0 unspecified atom stereocenters. The summed E-state index contributed by atoms with van der Waals surface area (Å²) >= 11 is 0. The summed E-state index contributed by atoms with van der Waals surface area (Å²) in [6, 6.07) is 15.5. The van der Waals surface area contributed by atoms with Crippen molar-refractivity contribution >= 4 is 28.8 Å². The second-order valence-electron chi connectivity index (χ2n) is 6.53. The zero-order valence-corrected chi connectivity index (χ0v) is 16.1. The molecule has 5 heteroatoms. The molecule has 0 aliphatic rings. The summed E-state index contributed by atoms with van der Waals surface area (Å²) in [6.45, 7) is 7.66. The molecule has 1 aromatic heterocycles. The van der Waals surface area contributed by atoms with Crippen molar-refractivity contribution < 1.29 is 4.79 Å². The quantitative estimate of drug-likeness (QED) is 0.580. The second-order valence-corrected chi connectivity index (χ2v) is 6.53. The molecule has 0 saturated carbocycles. The van der Waals surface area contributed by atoms with Crippen molar-refractivity contribution in [3.8, 4) is 0 Å². The Balaban J connectivity index is 1.85. The van der Waals surface area contributed by atoms with E-state index in [-0.39, 0.29) is 5.78 Å². The van der Waals surface area contributed by atoms with Gasteiger partial charge in [0.25, 0.3) is 0 Å². The van der Waals surface area contributed by atoms with E-state index in [4.69, 9.17) is 0 Å². The molecule has 27 heavy (non-hydrogen) atoms. The van der Waals surface area contributed by atoms with Gasteiger partial charge in [-0.25, -0.2) is 9.97 Å². The number of hydrogen-bond acceptors (Lipinski definition) is 5. The fourth-order valence-corrected chi connectivity index (χ4v) is 2.96. The molecule has 0 saturated heterocycles. The molecule has 0 fully saturated rings. The van der Waals surface area contributed by atoms with Gasteiger partial charge in [0, 0.05) is 23.0 Å². The Hall–Kier alpha value is -3.21. The maximum absolute atomic E-state index is 11.4. The number of rotatable bonds is 6. The maximum Gasteiger partial charge on any atom is 0.159 e. The molecule has 0 aliphatic heterocycles. The fourth-order valence-electron chi connectivity index (χ4n) is 2.96. The van der Waals surface area contributed by atoms with Crippen LogP contribution in [0.4, 0.5) is 23.0 Å². The Morgan fingerprint density at radius 1 is 0.963 bits per heavy atom. The highest BCUT2D eigenvalue weighted by Crippen LogP contribution is 2.26. The number of anilines is 4. The number of nitrogens with zero attached hydrogens (tertiary/aromatic N) is 2. The summed E-state index contributed by atoms with van der Waals surface area (Å²) in [5.41, 5.74) is 5.08. The van der Waals surface area contributed by atoms with Crippen molar-refractivity contribution in [3.63, 3.8) is 0 Å². The molecular weight excluding hydrogens is 336 g/mol. The van der Waals surface area contributed by atoms with Gasteiger partial charge in [0.2, 0.25) is 0 Å². The van der Waals surface area contributed by atoms with E-state index in [0.29, 0.717) is 17.2 Å². The minimum Gasteiger partial charge on any atom is -0.340 e. The fraction of sp³-hybridized carbons (Fsp3) is 0.227. The van der Waals surface area contributed by atoms with Crippen LogP contribution in [0.25, 0.3) is 0 Å². The largest absolute Gasteiger partial charge is 0.340 e. The topological polar surface area (TPSA) is 66.9 Å². The normalized spacial score (nSPS) is 10.5. The summed E-state index contributed by atoms with van der Waals surface area (Å²) in [5, 5.41) is 6.72. The molecule has 138 valence electrons. The summed E-state index contributed by atoms with van der Waals surface area (Å²) in [7, 11) is 0. The summed E-state index contributed by atoms with van der Waals surface area (Å²) in [5.74, 6) is 2.17. The van der Waals surface area contributed by atoms with Gasteiger partial charge in [-0.2, -0.15) is 0 Å². The van der Waals surface area contributed by atoms with E-state index in [9.17, 15) is 4.79 Å². The number of para-hydroxylation sites is 1. The van der Waals surface area contributed by atoms with Gasteiger partial charge in [-0.1, -0.05) is 25.1 Å². The molecule has 2 aromatic carbocycles. The number of aromatic nitrogens is 2. The van der Waals surface area contributed by atoms with Crippen LogP contribution in [0.2, 0.25) is 0 Å². The van der Waals surface area contributed by atoms with E-state index in [2.05, 4.69) is 52.6 Å². The van der Waals surface area contributed by atoms with Gasteiger partial charge in [0.05, 0.1) is 0 Å². The van der Waals surface area contributed by atoms with Crippen molar-refractivity contribution in [1.29, 1.82) is 0 Å². The molecule has 5 nitrogen and oxygen atoms in total. The predicted molar refractivity (Wildman–Crippen MR) is 110 cm³/mol. The molecule has 0 bridgehead atoms. The Morgan fingerprint density at radius 3 is 2.26 bits per heavy atom. The van der Waals surface area contributed by atoms with Crippen LogP contribution in [0.3, 0.4) is 0 Å². The number of carbonyl (C=O) groups is 1. The summed E-state index contributed by atoms with van der Waals surface area (Å²) < 4.78 is 0. The number of hydrogen-bond donors (Lipinski definition) is 2. The molecule has 2 N–H and O–H groups in total. The molecule has 0 aliphatic carbocycles. The van der Waals surface area contributed by atoms with Crippen LogP contribution in [-0.2, 0) is 6.42 Å². The van der Waals surface area contributed by atoms with Gasteiger partial charge in [-0.15, -0.1) is 0 Å². The minimum atomic E-state index is 0.0517. The van der Waals surface area contributed by atoms with Gasteiger partial charge in [-0.3, -0.25) is 4.79 Å². The van der Waals surface area contributed by atoms with Gasteiger partial charge in [-0.05, 0) is 62.6 Å². The first-order valence-corrected chi connectivity index (χ1v) is 9.05. The molecule has 3 rings (SSSR count). The van der Waals surface area contributed by atoms with Gasteiger partial charge in [0.15, 0.2) is 5.78 Å². The van der Waals surface area contributed by atoms with E-state index in [1.165, 1.54) is 11.1 Å². The highest BCUT2D eigenvalue weighted by atomic mass is 16.1. The first kappa shape index (κ1) is 18.6. The lowest BCUT2D eigenvalue weighted by Gasteiger charge is -2.15. The Bertz CT molecular complexity index is 965. The average molecular weight is 360 g/mol. The highest BCUT2D eigenvalue weighted by Gasteiger charge is 2.08. The van der Waals surface area contributed by atoms with Crippen LogP contribution >= 0.6 is 0 Å². The number of nitrogens with one attached hydrogen (secondary N) is 2. The van der Waals surface area contributed by atoms with Crippen LogP contribution in [-0.4, -0.2) is 15.8 Å². The van der Waals surface area contributed by atoms with Crippen molar-refractivity contribution in [1.82, 2.24) is 9.97 Å². The average Bonchev–Trinajstić information content (AvgIpc) is 2.63. The zero-order chi connectivity index (χ0) is 19.4. The van der Waals surface area contributed by atoms with Gasteiger partial charge < -0.3 is 10.6 Å². The first-order chi connectivity index (χ1) is 13.0. The van der Waals surface area contributed by atoms with Crippen LogP contribution in [0.1, 0.15) is 41.2 Å². The Morgan fingerprint density at radius 2 is 1.63 bits per heavy atom. The molecule has 0 radical (unpaired) electrons. The predicted octanol–water partition coefficient (Wildman–Crippen LogP) is 5.35. The van der Waals surface area contributed by atoms with Crippen molar-refractivity contribution in [3.05, 3.63) is 71.0 Å². The number of carbonyl (C=O) groups excluding carboxylic acids is 1. The zero-order valence-electron chi connectivity index (χ0n) is 16.1. The van der Waals surface area contributed by atoms with E-state index < -0.39 is 0 Å². The summed E-state index contributed by atoms with van der Waals surface area (Å²) in [6.07, 6.45) is 0.946. The van der Waals surface area contributed by atoms with Crippen LogP contribution in [0, 0.1) is 13.8 Å². The molecule has 0 atom stereocenters. The third-order valence-electron chi connectivity index (χ3n) is 4.39. The van der Waals surface area contributed by atoms with Crippen molar-refractivity contribution in [2.45, 2.75) is 34.1 Å². The van der Waals surface area contributed by atoms with Crippen molar-refractivity contribution in [2.24, 2.45) is 0 Å². The molecule has 1 heterocycles. The Kier molecular flexibility index (Phi) is 5.50. The Labute approximate surface area is 159 Å². The van der Waals surface area contributed by atoms with E-state index >= 15 is 0 Å². The van der Waals surface area contributed by atoms with Crippen LogP contribution < -0.4 is 10.6 Å². The number of Topliss-reactive ketones (excluding diaryl/α,β-unsaturated/α-hetero) is 1. The van der Waals surface area contributed by atoms with Crippen LogP contribution in [0.15, 0.2) is 48.5 Å². The minimum absolute atomic E-state index is 0.0517. The third-order valence-corrected chi connectivity index (χ3v) is 4.39. The third kappa shape index (κ3) is 4.50. The standard InChI is InChI=1S/C22H24N4O/c1-5-17-8-6-7-14(2)22(17)26-21-13-20(23-16(4)24-21)25-19-11-9-18(10-12-19)15(3)27/h6-13H,5H2,1-4H3,(H2,23,24,25,26). The molecular formula is C22H24N4O. The number of aryl methyl sites for hydroxylation is 3. The number of benzene rings is 2. The number of ketones is 1. The van der Waals surface area contributed by atoms with Crippen molar-refractivity contribution in [2.75, 3.05) is 10.6 Å². The smallest absolute Gasteiger partial charge is 0.159 e.